The molecule has 0 amide bonds. The van der Waals surface area contributed by atoms with Crippen LogP contribution in [-0.2, 0) is 4.74 Å². The molecule has 1 aliphatic carbocycles. The maximum absolute atomic E-state index is 4.31. The molecule has 0 N–H and O–H groups in total. The third-order valence-corrected chi connectivity index (χ3v) is 2.06. The monoisotopic (exact) mass is 156 g/mol. The molecule has 1 aliphatic rings. The Kier molecular flexibility index (Phi) is 7.33. The number of ether oxygens (including phenoxy) is 1. The van der Waals surface area contributed by atoms with Crippen LogP contribution in [0.25, 0.3) is 0 Å². The van der Waals surface area contributed by atoms with Crippen LogP contribution >= 0.6 is 0 Å². The van der Waals surface area contributed by atoms with E-state index in [2.05, 4.69) is 18.2 Å². The summed E-state index contributed by atoms with van der Waals surface area (Å²) < 4.78 is 4.31. The van der Waals surface area contributed by atoms with Gasteiger partial charge in [-0.3, -0.25) is 0 Å². The highest BCUT2D eigenvalue weighted by Gasteiger charge is 2.05. The lowest BCUT2D eigenvalue weighted by Gasteiger charge is -2.15. The molecular weight excluding hydrogens is 136 g/mol. The minimum Gasteiger partial charge on any atom is -0.505 e. The van der Waals surface area contributed by atoms with E-state index in [1.165, 1.54) is 38.4 Å². The van der Waals surface area contributed by atoms with Gasteiger partial charge in [0.15, 0.2) is 0 Å². The highest BCUT2D eigenvalue weighted by Crippen LogP contribution is 2.21. The SMILES string of the molecule is C=COC.CC1CCCCC1. The summed E-state index contributed by atoms with van der Waals surface area (Å²) in [5, 5.41) is 0. The van der Waals surface area contributed by atoms with Crippen molar-refractivity contribution >= 4 is 0 Å². The van der Waals surface area contributed by atoms with Crippen molar-refractivity contribution in [1.82, 2.24) is 0 Å². The first-order valence-corrected chi connectivity index (χ1v) is 4.45. The van der Waals surface area contributed by atoms with E-state index >= 15 is 0 Å². The molecule has 0 aliphatic heterocycles. The second kappa shape index (κ2) is 7.64. The van der Waals surface area contributed by atoms with Crippen LogP contribution in [0.5, 0.6) is 0 Å². The van der Waals surface area contributed by atoms with Crippen molar-refractivity contribution in [3.05, 3.63) is 12.8 Å². The molecule has 0 bridgehead atoms. The molecule has 0 aromatic heterocycles. The Morgan fingerprint density at radius 1 is 1.27 bits per heavy atom. The maximum atomic E-state index is 4.31. The van der Waals surface area contributed by atoms with E-state index in [1.807, 2.05) is 0 Å². The Bertz CT molecular complexity index is 82.9. The number of hydrogen-bond acceptors (Lipinski definition) is 1. The molecule has 0 radical (unpaired) electrons. The molecular formula is C10H20O. The Balaban J connectivity index is 0.000000218. The van der Waals surface area contributed by atoms with Crippen molar-refractivity contribution in [1.29, 1.82) is 0 Å². The van der Waals surface area contributed by atoms with Gasteiger partial charge in [-0.25, -0.2) is 0 Å². The molecule has 1 nitrogen and oxygen atoms in total. The minimum absolute atomic E-state index is 1.04. The minimum atomic E-state index is 1.04. The van der Waals surface area contributed by atoms with Crippen molar-refractivity contribution in [2.24, 2.45) is 5.92 Å². The van der Waals surface area contributed by atoms with Crippen molar-refractivity contribution < 1.29 is 4.74 Å². The lowest BCUT2D eigenvalue weighted by molar-refractivity contribution is 0.339. The summed E-state index contributed by atoms with van der Waals surface area (Å²) in [4.78, 5) is 0. The maximum Gasteiger partial charge on any atom is 0.0766 e. The normalized spacial score (nSPS) is 18.0. The van der Waals surface area contributed by atoms with Gasteiger partial charge >= 0.3 is 0 Å². The van der Waals surface area contributed by atoms with Crippen molar-refractivity contribution in [2.75, 3.05) is 7.11 Å². The zero-order chi connectivity index (χ0) is 8.53. The van der Waals surface area contributed by atoms with Gasteiger partial charge in [0, 0.05) is 0 Å². The van der Waals surface area contributed by atoms with Crippen LogP contribution in [0.4, 0.5) is 0 Å². The summed E-state index contributed by atoms with van der Waals surface area (Å²) in [7, 11) is 1.56. The first-order valence-electron chi connectivity index (χ1n) is 4.45. The molecule has 11 heavy (non-hydrogen) atoms. The molecule has 0 heterocycles. The highest BCUT2D eigenvalue weighted by molar-refractivity contribution is 4.59. The van der Waals surface area contributed by atoms with Crippen LogP contribution in [0.3, 0.4) is 0 Å². The molecule has 0 aromatic carbocycles. The number of rotatable bonds is 1. The summed E-state index contributed by atoms with van der Waals surface area (Å²) >= 11 is 0. The lowest BCUT2D eigenvalue weighted by atomic mass is 9.91. The smallest absolute Gasteiger partial charge is 0.0766 e. The Labute approximate surface area is 70.4 Å². The van der Waals surface area contributed by atoms with E-state index in [-0.39, 0.29) is 0 Å². The third-order valence-electron chi connectivity index (χ3n) is 2.06. The number of hydrogen-bond donors (Lipinski definition) is 0. The van der Waals surface area contributed by atoms with Gasteiger partial charge in [0.1, 0.15) is 0 Å². The van der Waals surface area contributed by atoms with Gasteiger partial charge in [0.25, 0.3) is 0 Å². The Morgan fingerprint density at radius 2 is 1.73 bits per heavy atom. The van der Waals surface area contributed by atoms with E-state index in [4.69, 9.17) is 0 Å². The molecule has 1 saturated carbocycles. The first kappa shape index (κ1) is 10.5. The average molecular weight is 156 g/mol. The second-order valence-electron chi connectivity index (χ2n) is 3.15. The molecule has 0 aromatic rings. The highest BCUT2D eigenvalue weighted by atomic mass is 16.5. The average Bonchev–Trinajstić information content (AvgIpc) is 2.07. The predicted octanol–water partition coefficient (Wildman–Crippen LogP) is 3.36. The van der Waals surface area contributed by atoms with Gasteiger partial charge < -0.3 is 4.74 Å². The van der Waals surface area contributed by atoms with E-state index in [0.29, 0.717) is 0 Å². The topological polar surface area (TPSA) is 9.23 Å². The summed E-state index contributed by atoms with van der Waals surface area (Å²) in [6, 6.07) is 0. The molecule has 1 fully saturated rings. The van der Waals surface area contributed by atoms with Gasteiger partial charge in [-0.2, -0.15) is 0 Å². The second-order valence-corrected chi connectivity index (χ2v) is 3.15. The molecule has 0 unspecified atom stereocenters. The fraction of sp³-hybridized carbons (Fsp3) is 0.800. The zero-order valence-electron chi connectivity index (χ0n) is 7.81. The summed E-state index contributed by atoms with van der Waals surface area (Å²) in [5.74, 6) is 1.04. The van der Waals surface area contributed by atoms with Gasteiger partial charge in [0.05, 0.1) is 13.4 Å². The quantitative estimate of drug-likeness (QED) is 0.529. The fourth-order valence-corrected chi connectivity index (χ4v) is 1.31. The molecule has 0 atom stereocenters. The van der Waals surface area contributed by atoms with Gasteiger partial charge in [-0.15, -0.1) is 0 Å². The molecule has 1 heteroatoms. The van der Waals surface area contributed by atoms with Gasteiger partial charge in [-0.1, -0.05) is 45.6 Å². The van der Waals surface area contributed by atoms with Crippen LogP contribution in [0.15, 0.2) is 12.8 Å². The van der Waals surface area contributed by atoms with Crippen molar-refractivity contribution in [2.45, 2.75) is 39.0 Å². The van der Waals surface area contributed by atoms with Gasteiger partial charge in [-0.05, 0) is 5.92 Å². The van der Waals surface area contributed by atoms with Crippen LogP contribution in [0, 0.1) is 5.92 Å². The largest absolute Gasteiger partial charge is 0.505 e. The van der Waals surface area contributed by atoms with E-state index < -0.39 is 0 Å². The summed E-state index contributed by atoms with van der Waals surface area (Å²) in [5.41, 5.74) is 0. The molecule has 0 saturated heterocycles. The molecule has 0 spiro atoms. The van der Waals surface area contributed by atoms with Crippen molar-refractivity contribution in [3.63, 3.8) is 0 Å². The van der Waals surface area contributed by atoms with E-state index in [1.54, 1.807) is 7.11 Å². The Morgan fingerprint density at radius 3 is 1.91 bits per heavy atom. The first-order chi connectivity index (χ1) is 5.31. The Hall–Kier alpha value is -0.460. The van der Waals surface area contributed by atoms with Gasteiger partial charge in [0.2, 0.25) is 0 Å². The van der Waals surface area contributed by atoms with E-state index in [9.17, 15) is 0 Å². The zero-order valence-corrected chi connectivity index (χ0v) is 7.81. The van der Waals surface area contributed by atoms with Crippen LogP contribution < -0.4 is 0 Å². The van der Waals surface area contributed by atoms with E-state index in [0.717, 1.165) is 5.92 Å². The van der Waals surface area contributed by atoms with Crippen LogP contribution in [0.2, 0.25) is 0 Å². The molecule has 1 rings (SSSR count). The lowest BCUT2D eigenvalue weighted by Crippen LogP contribution is -1.99. The predicted molar refractivity (Wildman–Crippen MR) is 49.5 cm³/mol. The number of methoxy groups -OCH3 is 1. The summed E-state index contributed by atoms with van der Waals surface area (Å²) in [6.45, 7) is 5.62. The van der Waals surface area contributed by atoms with Crippen LogP contribution in [-0.4, -0.2) is 7.11 Å². The standard InChI is InChI=1S/C7H14.C3H6O/c1-7-5-3-2-4-6-7;1-3-4-2/h7H,2-6H2,1H3;3H,1H2,2H3. The third kappa shape index (κ3) is 7.44. The van der Waals surface area contributed by atoms with Crippen molar-refractivity contribution in [3.8, 4) is 0 Å². The van der Waals surface area contributed by atoms with Crippen LogP contribution in [0.1, 0.15) is 39.0 Å². The summed E-state index contributed by atoms with van der Waals surface area (Å²) in [6.07, 6.45) is 8.81. The molecule has 66 valence electrons. The fourth-order valence-electron chi connectivity index (χ4n) is 1.31.